The summed E-state index contributed by atoms with van der Waals surface area (Å²) in [5.41, 5.74) is 16.6. The van der Waals surface area contributed by atoms with Gasteiger partial charge in [-0.15, -0.1) is 0 Å². The molecular formula is C69H47N5. The van der Waals surface area contributed by atoms with Crippen LogP contribution in [0.5, 0.6) is 0 Å². The van der Waals surface area contributed by atoms with Crippen LogP contribution in [-0.4, -0.2) is 24.1 Å². The molecule has 348 valence electrons. The van der Waals surface area contributed by atoms with Gasteiger partial charge in [-0.3, -0.25) is 0 Å². The molecule has 13 aromatic rings. The monoisotopic (exact) mass is 945 g/mol. The molecule has 0 saturated heterocycles. The zero-order valence-electron chi connectivity index (χ0n) is 40.4. The predicted molar refractivity (Wildman–Crippen MR) is 309 cm³/mol. The number of hydrogen-bond donors (Lipinski definition) is 0. The van der Waals surface area contributed by atoms with E-state index in [-0.39, 0.29) is 0 Å². The van der Waals surface area contributed by atoms with E-state index in [1.165, 1.54) is 10.8 Å². The molecule has 3 heterocycles. The van der Waals surface area contributed by atoms with Gasteiger partial charge in [0.25, 0.3) is 0 Å². The summed E-state index contributed by atoms with van der Waals surface area (Å²) in [5.74, 6) is 1.76. The van der Waals surface area contributed by atoms with Gasteiger partial charge < -0.3 is 9.13 Å². The molecule has 0 bridgehead atoms. The van der Waals surface area contributed by atoms with Crippen LogP contribution in [0.4, 0.5) is 0 Å². The number of allylic oxidation sites excluding steroid dienone is 4. The smallest absolute Gasteiger partial charge is 0.164 e. The second-order valence-electron chi connectivity index (χ2n) is 18.4. The Morgan fingerprint density at radius 1 is 0.365 bits per heavy atom. The summed E-state index contributed by atoms with van der Waals surface area (Å²) >= 11 is 0. The molecule has 0 saturated carbocycles. The van der Waals surface area contributed by atoms with Crippen molar-refractivity contribution in [3.8, 4) is 67.8 Å². The molecule has 0 radical (unpaired) electrons. The van der Waals surface area contributed by atoms with Crippen molar-refractivity contribution in [2.45, 2.75) is 0 Å². The van der Waals surface area contributed by atoms with E-state index >= 15 is 0 Å². The summed E-state index contributed by atoms with van der Waals surface area (Å²) in [6.45, 7) is 4.52. The van der Waals surface area contributed by atoms with Crippen LogP contribution in [0.15, 0.2) is 274 Å². The molecule has 0 aliphatic rings. The van der Waals surface area contributed by atoms with Crippen LogP contribution in [0.1, 0.15) is 11.1 Å². The van der Waals surface area contributed by atoms with Crippen molar-refractivity contribution in [3.05, 3.63) is 285 Å². The lowest BCUT2D eigenvalue weighted by molar-refractivity contribution is 1.07. The van der Waals surface area contributed by atoms with Gasteiger partial charge in [0.05, 0.1) is 27.8 Å². The van der Waals surface area contributed by atoms with Crippen LogP contribution in [0.2, 0.25) is 0 Å². The summed E-state index contributed by atoms with van der Waals surface area (Å²) < 4.78 is 4.88. The highest BCUT2D eigenvalue weighted by Crippen LogP contribution is 2.45. The fourth-order valence-corrected chi connectivity index (χ4v) is 10.5. The second kappa shape index (κ2) is 19.0. The molecular weight excluding hydrogens is 899 g/mol. The van der Waals surface area contributed by atoms with E-state index in [2.05, 4.69) is 240 Å². The average Bonchev–Trinajstić information content (AvgIpc) is 4.00. The van der Waals surface area contributed by atoms with Crippen molar-refractivity contribution in [1.82, 2.24) is 24.1 Å². The van der Waals surface area contributed by atoms with E-state index in [0.717, 1.165) is 99.9 Å². The lowest BCUT2D eigenvalue weighted by Crippen LogP contribution is -2.05. The maximum Gasteiger partial charge on any atom is 0.164 e. The molecule has 0 N–H and O–H groups in total. The number of benzene rings is 10. The molecule has 0 fully saturated rings. The summed E-state index contributed by atoms with van der Waals surface area (Å²) in [4.78, 5) is 15.7. The fourth-order valence-electron chi connectivity index (χ4n) is 10.5. The first-order chi connectivity index (χ1) is 36.7. The lowest BCUT2D eigenvalue weighted by atomic mass is 9.91. The molecule has 0 unspecified atom stereocenters. The van der Waals surface area contributed by atoms with Crippen molar-refractivity contribution in [3.63, 3.8) is 0 Å². The Hall–Kier alpha value is -9.97. The van der Waals surface area contributed by atoms with Crippen molar-refractivity contribution < 1.29 is 0 Å². The molecule has 0 atom stereocenters. The number of aromatic nitrogens is 5. The predicted octanol–water partition coefficient (Wildman–Crippen LogP) is 17.7. The molecule has 0 aliphatic heterocycles. The first kappa shape index (κ1) is 44.0. The third kappa shape index (κ3) is 7.99. The van der Waals surface area contributed by atoms with Gasteiger partial charge in [0, 0.05) is 55.0 Å². The Morgan fingerprint density at radius 2 is 0.811 bits per heavy atom. The minimum atomic E-state index is 0.563. The number of fused-ring (bicyclic) bond motifs is 6. The van der Waals surface area contributed by atoms with Crippen LogP contribution in [0.3, 0.4) is 0 Å². The maximum absolute atomic E-state index is 5.31. The molecule has 74 heavy (non-hydrogen) atoms. The largest absolute Gasteiger partial charge is 0.309 e. The van der Waals surface area contributed by atoms with E-state index in [1.807, 2.05) is 48.5 Å². The van der Waals surface area contributed by atoms with Crippen molar-refractivity contribution in [2.75, 3.05) is 0 Å². The quantitative estimate of drug-likeness (QED) is 0.121. The Balaban J connectivity index is 1.15. The van der Waals surface area contributed by atoms with Crippen LogP contribution >= 0.6 is 0 Å². The molecule has 0 aliphatic carbocycles. The van der Waals surface area contributed by atoms with Crippen molar-refractivity contribution in [2.24, 2.45) is 0 Å². The zero-order chi connectivity index (χ0) is 49.4. The average molecular weight is 946 g/mol. The van der Waals surface area contributed by atoms with E-state index in [4.69, 9.17) is 15.0 Å². The highest BCUT2D eigenvalue weighted by atomic mass is 15.0. The third-order valence-corrected chi connectivity index (χ3v) is 14.0. The number of hydrogen-bond acceptors (Lipinski definition) is 3. The van der Waals surface area contributed by atoms with Crippen LogP contribution in [0.25, 0.3) is 123 Å². The van der Waals surface area contributed by atoms with Crippen molar-refractivity contribution in [1.29, 1.82) is 0 Å². The van der Waals surface area contributed by atoms with E-state index in [1.54, 1.807) is 0 Å². The normalized spacial score (nSPS) is 11.9. The molecule has 10 aromatic carbocycles. The van der Waals surface area contributed by atoms with Crippen LogP contribution in [0, 0.1) is 0 Å². The highest BCUT2D eigenvalue weighted by molar-refractivity contribution is 6.19. The van der Waals surface area contributed by atoms with Crippen LogP contribution in [-0.2, 0) is 0 Å². The second-order valence-corrected chi connectivity index (χ2v) is 18.4. The van der Waals surface area contributed by atoms with Gasteiger partial charge in [-0.2, -0.15) is 0 Å². The molecule has 13 rings (SSSR count). The Morgan fingerprint density at radius 3 is 1.38 bits per heavy atom. The van der Waals surface area contributed by atoms with E-state index in [0.29, 0.717) is 17.5 Å². The van der Waals surface area contributed by atoms with Gasteiger partial charge >= 0.3 is 0 Å². The van der Waals surface area contributed by atoms with Crippen LogP contribution < -0.4 is 0 Å². The minimum Gasteiger partial charge on any atom is -0.309 e. The molecule has 0 spiro atoms. The number of rotatable bonds is 11. The summed E-state index contributed by atoms with van der Waals surface area (Å²) in [7, 11) is 0. The topological polar surface area (TPSA) is 48.5 Å². The van der Waals surface area contributed by atoms with Gasteiger partial charge in [0.1, 0.15) is 0 Å². The zero-order valence-corrected chi connectivity index (χ0v) is 40.4. The van der Waals surface area contributed by atoms with Gasteiger partial charge in [-0.25, -0.2) is 15.0 Å². The summed E-state index contributed by atoms with van der Waals surface area (Å²) in [6.07, 6.45) is 8.40. The number of nitrogens with zero attached hydrogens (tertiary/aromatic N) is 5. The SMILES string of the molecule is C=C/C(=C\C=C\c1ccccc1)c1cc(-c2nc(-c3ccccc3)nc(-c3ccccc3)n2)cc(-c2ccc(-c3ccccc3)cc2)c1-n1c2ccccc2c2cc3c(cc21)c1ccccc1n3-c1ccccc1. The Labute approximate surface area is 429 Å². The highest BCUT2D eigenvalue weighted by Gasteiger charge is 2.25. The van der Waals surface area contributed by atoms with Gasteiger partial charge in [0.2, 0.25) is 0 Å². The van der Waals surface area contributed by atoms with Gasteiger partial charge in [-0.05, 0) is 76.4 Å². The Bertz CT molecular complexity index is 4210. The maximum atomic E-state index is 5.31. The summed E-state index contributed by atoms with van der Waals surface area (Å²) in [6, 6.07) is 87.8. The molecule has 3 aromatic heterocycles. The van der Waals surface area contributed by atoms with E-state index in [9.17, 15) is 0 Å². The first-order valence-electron chi connectivity index (χ1n) is 25.0. The minimum absolute atomic E-state index is 0.563. The first-order valence-corrected chi connectivity index (χ1v) is 25.0. The van der Waals surface area contributed by atoms with Crippen molar-refractivity contribution >= 4 is 55.3 Å². The standard InChI is InChI=1S/C69H47N5/c1-2-48(32-22-25-47-23-8-3-9-24-47)58-43-54(69-71-67(52-28-12-5-13-29-52)70-68(72-69)53-30-14-6-15-31-53)44-59(51-41-39-50(40-42-51)49-26-10-4-11-27-49)66(58)74-63-38-21-19-36-57(63)61-45-64-60(46-65(61)74)56-35-18-20-37-62(56)73(64)55-33-16-7-17-34-55/h2-46H,1H2/b25-22+,48-32+. The molecule has 5 heteroatoms. The fraction of sp³-hybridized carbons (Fsp3) is 0. The number of para-hydroxylation sites is 3. The van der Waals surface area contributed by atoms with Gasteiger partial charge in [-0.1, -0.05) is 231 Å². The molecule has 5 nitrogen and oxygen atoms in total. The Kier molecular flexibility index (Phi) is 11.3. The summed E-state index contributed by atoms with van der Waals surface area (Å²) in [5, 5.41) is 4.66. The third-order valence-electron chi connectivity index (χ3n) is 14.0. The molecule has 0 amide bonds. The van der Waals surface area contributed by atoms with E-state index < -0.39 is 0 Å². The lowest BCUT2D eigenvalue weighted by Gasteiger charge is -2.21. The van der Waals surface area contributed by atoms with Gasteiger partial charge in [0.15, 0.2) is 17.5 Å².